The number of benzene rings is 1. The molecule has 0 radical (unpaired) electrons. The lowest BCUT2D eigenvalue weighted by molar-refractivity contribution is -0.138. The van der Waals surface area contributed by atoms with E-state index >= 15 is 0 Å². The number of carbonyl (C=O) groups excluding carboxylic acids is 1. The van der Waals surface area contributed by atoms with Gasteiger partial charge in [0.25, 0.3) is 17.4 Å². The van der Waals surface area contributed by atoms with Gasteiger partial charge in [0.2, 0.25) is 0 Å². The van der Waals surface area contributed by atoms with Crippen LogP contribution in [0.3, 0.4) is 0 Å². The molecule has 0 fully saturated rings. The molecule has 1 aromatic carbocycles. The molecule has 0 aliphatic carbocycles. The summed E-state index contributed by atoms with van der Waals surface area (Å²) in [6.45, 7) is 2.70. The first-order valence-corrected chi connectivity index (χ1v) is 11.9. The molecule has 0 saturated heterocycles. The zero-order valence-corrected chi connectivity index (χ0v) is 19.8. The van der Waals surface area contributed by atoms with Crippen LogP contribution in [-0.4, -0.2) is 41.3 Å². The Balaban J connectivity index is 1.35. The van der Waals surface area contributed by atoms with Crippen molar-refractivity contribution in [1.29, 1.82) is 0 Å². The first-order chi connectivity index (χ1) is 17.7. The molecule has 190 valence electrons. The summed E-state index contributed by atoms with van der Waals surface area (Å²) in [5, 5.41) is 4.49. The highest BCUT2D eigenvalue weighted by atomic mass is 19.4. The van der Waals surface area contributed by atoms with Crippen LogP contribution in [0.4, 0.5) is 19.1 Å². The van der Waals surface area contributed by atoms with Gasteiger partial charge in [-0.2, -0.15) is 18.2 Å². The summed E-state index contributed by atoms with van der Waals surface area (Å²) >= 11 is 0. The van der Waals surface area contributed by atoms with Gasteiger partial charge in [0.1, 0.15) is 17.2 Å². The number of alkyl halides is 3. The number of imidazole rings is 1. The van der Waals surface area contributed by atoms with E-state index in [0.717, 1.165) is 11.8 Å². The van der Waals surface area contributed by atoms with Gasteiger partial charge in [0.05, 0.1) is 17.6 Å². The molecule has 5 heterocycles. The van der Waals surface area contributed by atoms with E-state index in [-0.39, 0.29) is 35.9 Å². The number of nitrogens with zero attached hydrogens (tertiary/aromatic N) is 7. The SMILES string of the molecule is Cc1cn(-c2ccc3n(c2=O)CCN(c2nc4n(n2)CCCC4c2ccccc2C(F)(F)F)C3=O)cn1. The highest BCUT2D eigenvalue weighted by Gasteiger charge is 2.38. The summed E-state index contributed by atoms with van der Waals surface area (Å²) in [7, 11) is 0. The molecule has 0 saturated carbocycles. The highest BCUT2D eigenvalue weighted by molar-refractivity contribution is 6.04. The Morgan fingerprint density at radius 3 is 2.59 bits per heavy atom. The van der Waals surface area contributed by atoms with Crippen LogP contribution >= 0.6 is 0 Å². The van der Waals surface area contributed by atoms with E-state index in [1.54, 1.807) is 40.0 Å². The van der Waals surface area contributed by atoms with E-state index in [1.165, 1.54) is 21.6 Å². The Labute approximate surface area is 208 Å². The Morgan fingerprint density at radius 2 is 1.84 bits per heavy atom. The summed E-state index contributed by atoms with van der Waals surface area (Å²) in [5.74, 6) is -0.500. The normalized spacial score (nSPS) is 17.6. The number of rotatable bonds is 3. The zero-order valence-electron chi connectivity index (χ0n) is 19.8. The lowest BCUT2D eigenvalue weighted by atomic mass is 9.88. The molecule has 9 nitrogen and oxygen atoms in total. The van der Waals surface area contributed by atoms with Crippen molar-refractivity contribution in [3.8, 4) is 5.69 Å². The summed E-state index contributed by atoms with van der Waals surface area (Å²) in [5.41, 5.74) is 0.485. The van der Waals surface area contributed by atoms with Crippen LogP contribution in [0, 0.1) is 6.92 Å². The molecule has 3 aromatic heterocycles. The number of pyridine rings is 1. The quantitative estimate of drug-likeness (QED) is 0.422. The van der Waals surface area contributed by atoms with Gasteiger partial charge in [-0.15, -0.1) is 5.10 Å². The van der Waals surface area contributed by atoms with Gasteiger partial charge in [-0.25, -0.2) is 9.67 Å². The number of aromatic nitrogens is 6. The van der Waals surface area contributed by atoms with Gasteiger partial charge in [-0.3, -0.25) is 14.5 Å². The van der Waals surface area contributed by atoms with E-state index in [4.69, 9.17) is 0 Å². The van der Waals surface area contributed by atoms with Crippen molar-refractivity contribution in [3.63, 3.8) is 0 Å². The molecule has 37 heavy (non-hydrogen) atoms. The maximum atomic E-state index is 13.7. The zero-order chi connectivity index (χ0) is 25.9. The Hall–Kier alpha value is -4.22. The van der Waals surface area contributed by atoms with Crippen LogP contribution in [-0.2, 0) is 19.3 Å². The van der Waals surface area contributed by atoms with Crippen LogP contribution in [0.2, 0.25) is 0 Å². The summed E-state index contributed by atoms with van der Waals surface area (Å²) in [4.78, 5) is 36.6. The number of carbonyl (C=O) groups is 1. The third kappa shape index (κ3) is 3.83. The van der Waals surface area contributed by atoms with Crippen LogP contribution in [0.15, 0.2) is 53.7 Å². The minimum absolute atomic E-state index is 0.129. The van der Waals surface area contributed by atoms with Gasteiger partial charge in [0, 0.05) is 31.7 Å². The number of hydrogen-bond acceptors (Lipinski definition) is 5. The van der Waals surface area contributed by atoms with Crippen molar-refractivity contribution in [2.24, 2.45) is 0 Å². The molecule has 1 amide bonds. The van der Waals surface area contributed by atoms with Crippen LogP contribution in [0.25, 0.3) is 5.69 Å². The topological polar surface area (TPSA) is 90.8 Å². The van der Waals surface area contributed by atoms with E-state index in [9.17, 15) is 22.8 Å². The van der Waals surface area contributed by atoms with Crippen LogP contribution in [0.5, 0.6) is 0 Å². The fourth-order valence-electron chi connectivity index (χ4n) is 5.16. The second kappa shape index (κ2) is 8.43. The second-order valence-electron chi connectivity index (χ2n) is 9.21. The molecule has 12 heteroatoms. The van der Waals surface area contributed by atoms with E-state index in [2.05, 4.69) is 15.1 Å². The molecule has 0 bridgehead atoms. The van der Waals surface area contributed by atoms with Crippen molar-refractivity contribution in [1.82, 2.24) is 28.9 Å². The maximum absolute atomic E-state index is 13.7. The van der Waals surface area contributed by atoms with Gasteiger partial charge >= 0.3 is 6.18 Å². The number of anilines is 1. The summed E-state index contributed by atoms with van der Waals surface area (Å²) in [6, 6.07) is 8.67. The van der Waals surface area contributed by atoms with Crippen LogP contribution in [0.1, 0.15) is 51.9 Å². The predicted molar refractivity (Wildman–Crippen MR) is 127 cm³/mol. The molecule has 1 unspecified atom stereocenters. The first-order valence-electron chi connectivity index (χ1n) is 11.9. The van der Waals surface area contributed by atoms with Crippen molar-refractivity contribution in [3.05, 3.63) is 87.6 Å². The average Bonchev–Trinajstić information content (AvgIpc) is 3.50. The standard InChI is InChI=1S/C25H22F3N7O2/c1-15-13-32(14-29-15)19-8-9-20-23(37)34(12-11-33(20)22(19)36)24-30-21-17(6-4-10-35(21)31-24)16-5-2-3-7-18(16)25(26,27)28/h2-3,5,7-9,13-14,17H,4,6,10-12H2,1H3. The lowest BCUT2D eigenvalue weighted by Crippen LogP contribution is -2.45. The number of aryl methyl sites for hydroxylation is 2. The van der Waals surface area contributed by atoms with Crippen molar-refractivity contribution < 1.29 is 18.0 Å². The largest absolute Gasteiger partial charge is 0.416 e. The minimum Gasteiger partial charge on any atom is -0.301 e. The molecular formula is C25H22F3N7O2. The van der Waals surface area contributed by atoms with E-state index in [1.807, 2.05) is 6.92 Å². The molecule has 1 atom stereocenters. The third-order valence-corrected chi connectivity index (χ3v) is 6.90. The molecule has 2 aliphatic heterocycles. The second-order valence-corrected chi connectivity index (χ2v) is 9.21. The van der Waals surface area contributed by atoms with Crippen molar-refractivity contribution in [2.75, 3.05) is 11.4 Å². The summed E-state index contributed by atoms with van der Waals surface area (Å²) in [6.07, 6.45) is -0.0879. The van der Waals surface area contributed by atoms with Gasteiger partial charge < -0.3 is 9.13 Å². The fourth-order valence-corrected chi connectivity index (χ4v) is 5.16. The Kier molecular flexibility index (Phi) is 5.28. The van der Waals surface area contributed by atoms with Crippen molar-refractivity contribution >= 4 is 11.9 Å². The number of halogens is 3. The highest BCUT2D eigenvalue weighted by Crippen LogP contribution is 2.40. The Morgan fingerprint density at radius 1 is 1.03 bits per heavy atom. The first kappa shape index (κ1) is 23.2. The van der Waals surface area contributed by atoms with E-state index in [0.29, 0.717) is 30.9 Å². The molecule has 6 rings (SSSR count). The van der Waals surface area contributed by atoms with Gasteiger partial charge in [0.15, 0.2) is 0 Å². The predicted octanol–water partition coefficient (Wildman–Crippen LogP) is 3.54. The van der Waals surface area contributed by atoms with Crippen molar-refractivity contribution in [2.45, 2.75) is 44.9 Å². The average molecular weight is 509 g/mol. The third-order valence-electron chi connectivity index (χ3n) is 6.90. The summed E-state index contributed by atoms with van der Waals surface area (Å²) < 4.78 is 45.8. The molecule has 0 N–H and O–H groups in total. The smallest absolute Gasteiger partial charge is 0.301 e. The molecule has 2 aliphatic rings. The van der Waals surface area contributed by atoms with E-state index < -0.39 is 23.6 Å². The monoisotopic (exact) mass is 509 g/mol. The molecular weight excluding hydrogens is 487 g/mol. The number of fused-ring (bicyclic) bond motifs is 2. The fraction of sp³-hybridized carbons (Fsp3) is 0.320. The number of amides is 1. The maximum Gasteiger partial charge on any atom is 0.416 e. The van der Waals surface area contributed by atoms with Gasteiger partial charge in [-0.1, -0.05) is 18.2 Å². The number of hydrogen-bond donors (Lipinski definition) is 0. The molecule has 4 aromatic rings. The molecule has 0 spiro atoms. The van der Waals surface area contributed by atoms with Crippen LogP contribution < -0.4 is 10.5 Å². The lowest BCUT2D eigenvalue weighted by Gasteiger charge is -2.27. The Bertz CT molecular complexity index is 1580. The minimum atomic E-state index is -4.49. The van der Waals surface area contributed by atoms with Gasteiger partial charge in [-0.05, 0) is 43.5 Å².